The Hall–Kier alpha value is 0.0400. The highest BCUT2D eigenvalue weighted by Crippen LogP contribution is 2.35. The highest BCUT2D eigenvalue weighted by molar-refractivity contribution is 7.92. The van der Waals surface area contributed by atoms with Crippen LogP contribution in [0.3, 0.4) is 0 Å². The van der Waals surface area contributed by atoms with Crippen molar-refractivity contribution < 1.29 is 8.42 Å². The maximum absolute atomic E-state index is 12.2. The van der Waals surface area contributed by atoms with Gasteiger partial charge in [-0.05, 0) is 32.9 Å². The van der Waals surface area contributed by atoms with E-state index >= 15 is 0 Å². The van der Waals surface area contributed by atoms with Crippen molar-refractivity contribution in [2.75, 3.05) is 0 Å². The predicted molar refractivity (Wildman–Crippen MR) is 68.4 cm³/mol. The minimum absolute atomic E-state index is 0.0102. The van der Waals surface area contributed by atoms with E-state index in [0.717, 1.165) is 0 Å². The van der Waals surface area contributed by atoms with Crippen LogP contribution in [0.15, 0.2) is 17.0 Å². The quantitative estimate of drug-likeness (QED) is 0.728. The van der Waals surface area contributed by atoms with Crippen LogP contribution in [0.5, 0.6) is 0 Å². The first-order chi connectivity index (χ1) is 7.07. The molecule has 0 N–H and O–H groups in total. The second-order valence-electron chi connectivity index (χ2n) is 4.31. The zero-order valence-electron chi connectivity index (χ0n) is 9.01. The van der Waals surface area contributed by atoms with Crippen molar-refractivity contribution in [2.24, 2.45) is 0 Å². The molecule has 6 heteroatoms. The highest BCUT2D eigenvalue weighted by Gasteiger charge is 2.33. The first-order valence-corrected chi connectivity index (χ1v) is 7.08. The van der Waals surface area contributed by atoms with Gasteiger partial charge in [0.25, 0.3) is 0 Å². The Balaban J connectivity index is 3.53. The fraction of sp³-hybridized carbons (Fsp3) is 0.400. The standard InChI is InChI=1S/C10H11Cl3O2S/c1-10(2,3)16(14,15)9-5-7(12)6(11)4-8(9)13/h4-5H,1-3H3. The van der Waals surface area contributed by atoms with E-state index in [1.165, 1.54) is 12.1 Å². The van der Waals surface area contributed by atoms with Gasteiger partial charge < -0.3 is 0 Å². The van der Waals surface area contributed by atoms with Crippen molar-refractivity contribution in [2.45, 2.75) is 30.4 Å². The summed E-state index contributed by atoms with van der Waals surface area (Å²) in [6.45, 7) is 4.80. The summed E-state index contributed by atoms with van der Waals surface area (Å²) in [5, 5.41) is 0.498. The molecule has 0 amide bonds. The highest BCUT2D eigenvalue weighted by atomic mass is 35.5. The van der Waals surface area contributed by atoms with E-state index in [1.807, 2.05) is 0 Å². The van der Waals surface area contributed by atoms with Crippen molar-refractivity contribution in [3.05, 3.63) is 27.2 Å². The van der Waals surface area contributed by atoms with Crippen molar-refractivity contribution in [3.63, 3.8) is 0 Å². The molecule has 2 nitrogen and oxygen atoms in total. The lowest BCUT2D eigenvalue weighted by Gasteiger charge is -2.20. The third kappa shape index (κ3) is 2.48. The fourth-order valence-corrected chi connectivity index (χ4v) is 3.20. The minimum Gasteiger partial charge on any atom is -0.223 e. The Kier molecular flexibility index (Phi) is 3.85. The Labute approximate surface area is 110 Å². The Bertz CT molecular complexity index is 516. The number of hydrogen-bond donors (Lipinski definition) is 0. The molecule has 0 aliphatic carbocycles. The fourth-order valence-electron chi connectivity index (χ4n) is 1.04. The summed E-state index contributed by atoms with van der Waals surface area (Å²) in [5.74, 6) is 0. The van der Waals surface area contributed by atoms with Gasteiger partial charge in [-0.15, -0.1) is 0 Å². The molecule has 0 saturated heterocycles. The summed E-state index contributed by atoms with van der Waals surface area (Å²) in [7, 11) is -3.52. The molecule has 1 rings (SSSR count). The van der Waals surface area contributed by atoms with Gasteiger partial charge in [0, 0.05) is 0 Å². The molecule has 0 unspecified atom stereocenters. The van der Waals surface area contributed by atoms with Crippen LogP contribution in [0.4, 0.5) is 0 Å². The van der Waals surface area contributed by atoms with E-state index in [1.54, 1.807) is 20.8 Å². The van der Waals surface area contributed by atoms with Crippen LogP contribution in [-0.4, -0.2) is 13.2 Å². The van der Waals surface area contributed by atoms with Gasteiger partial charge in [0.2, 0.25) is 0 Å². The van der Waals surface area contributed by atoms with Crippen molar-refractivity contribution in [1.29, 1.82) is 0 Å². The van der Waals surface area contributed by atoms with Gasteiger partial charge in [0.05, 0.1) is 24.7 Å². The number of halogens is 3. The molecule has 0 saturated carbocycles. The van der Waals surface area contributed by atoms with E-state index in [4.69, 9.17) is 34.8 Å². The van der Waals surface area contributed by atoms with Gasteiger partial charge >= 0.3 is 0 Å². The molecule has 0 fully saturated rings. The van der Waals surface area contributed by atoms with E-state index in [0.29, 0.717) is 0 Å². The summed E-state index contributed by atoms with van der Waals surface area (Å²) in [4.78, 5) is 0.0102. The van der Waals surface area contributed by atoms with Crippen LogP contribution in [0.25, 0.3) is 0 Å². The van der Waals surface area contributed by atoms with Gasteiger partial charge in [-0.2, -0.15) is 0 Å². The van der Waals surface area contributed by atoms with Crippen LogP contribution in [-0.2, 0) is 9.84 Å². The lowest BCUT2D eigenvalue weighted by Crippen LogP contribution is -2.28. The van der Waals surface area contributed by atoms with Gasteiger partial charge in [-0.3, -0.25) is 0 Å². The maximum atomic E-state index is 12.2. The summed E-state index contributed by atoms with van der Waals surface area (Å²) >= 11 is 17.4. The molecule has 16 heavy (non-hydrogen) atoms. The van der Waals surface area contributed by atoms with Gasteiger partial charge in [0.15, 0.2) is 9.84 Å². The second-order valence-corrected chi connectivity index (χ2v) is 8.21. The molecule has 1 aromatic rings. The topological polar surface area (TPSA) is 34.1 Å². The molecule has 0 radical (unpaired) electrons. The third-order valence-electron chi connectivity index (χ3n) is 2.07. The minimum atomic E-state index is -3.52. The number of rotatable bonds is 1. The van der Waals surface area contributed by atoms with Gasteiger partial charge in [-0.1, -0.05) is 34.8 Å². The van der Waals surface area contributed by atoms with E-state index in [2.05, 4.69) is 0 Å². The van der Waals surface area contributed by atoms with E-state index in [-0.39, 0.29) is 20.0 Å². The summed E-state index contributed by atoms with van der Waals surface area (Å²) < 4.78 is 23.4. The van der Waals surface area contributed by atoms with Crippen molar-refractivity contribution >= 4 is 44.6 Å². The van der Waals surface area contributed by atoms with Crippen LogP contribution in [0.1, 0.15) is 20.8 Å². The van der Waals surface area contributed by atoms with Crippen LogP contribution >= 0.6 is 34.8 Å². The van der Waals surface area contributed by atoms with Crippen LogP contribution in [0, 0.1) is 0 Å². The van der Waals surface area contributed by atoms with E-state index in [9.17, 15) is 8.42 Å². The average Bonchev–Trinajstić information content (AvgIpc) is 2.09. The van der Waals surface area contributed by atoms with Crippen molar-refractivity contribution in [3.8, 4) is 0 Å². The van der Waals surface area contributed by atoms with E-state index < -0.39 is 14.6 Å². The Morgan fingerprint density at radius 2 is 1.38 bits per heavy atom. The molecular formula is C10H11Cl3O2S. The monoisotopic (exact) mass is 300 g/mol. The van der Waals surface area contributed by atoms with Crippen LogP contribution < -0.4 is 0 Å². The molecule has 0 aromatic heterocycles. The molecule has 0 aliphatic heterocycles. The lowest BCUT2D eigenvalue weighted by atomic mass is 10.3. The third-order valence-corrected chi connectivity index (χ3v) is 5.75. The maximum Gasteiger partial charge on any atom is 0.184 e. The second kappa shape index (κ2) is 4.37. The normalized spacial score (nSPS) is 12.9. The zero-order chi connectivity index (χ0) is 12.7. The molecule has 0 aliphatic rings. The van der Waals surface area contributed by atoms with Gasteiger partial charge in [0.1, 0.15) is 0 Å². The molecule has 0 heterocycles. The summed E-state index contributed by atoms with van der Waals surface area (Å²) in [5.41, 5.74) is 0. The smallest absolute Gasteiger partial charge is 0.184 e. The number of hydrogen-bond acceptors (Lipinski definition) is 2. The molecule has 1 aromatic carbocycles. The average molecular weight is 302 g/mol. The predicted octanol–water partition coefficient (Wildman–Crippen LogP) is 4.22. The van der Waals surface area contributed by atoms with Crippen molar-refractivity contribution in [1.82, 2.24) is 0 Å². The molecule has 90 valence electrons. The number of benzene rings is 1. The molecule has 0 spiro atoms. The molecular weight excluding hydrogens is 291 g/mol. The molecule has 0 atom stereocenters. The first-order valence-electron chi connectivity index (χ1n) is 4.46. The Morgan fingerprint density at radius 1 is 0.938 bits per heavy atom. The largest absolute Gasteiger partial charge is 0.223 e. The SMILES string of the molecule is CC(C)(C)S(=O)(=O)c1cc(Cl)c(Cl)cc1Cl. The Morgan fingerprint density at radius 3 is 1.81 bits per heavy atom. The number of sulfone groups is 1. The zero-order valence-corrected chi connectivity index (χ0v) is 12.1. The first kappa shape index (κ1) is 14.1. The summed E-state index contributed by atoms with van der Waals surface area (Å²) in [6.07, 6.45) is 0. The summed E-state index contributed by atoms with van der Waals surface area (Å²) in [6, 6.07) is 2.62. The lowest BCUT2D eigenvalue weighted by molar-refractivity contribution is 0.560. The van der Waals surface area contributed by atoms with Crippen LogP contribution in [0.2, 0.25) is 15.1 Å². The molecule has 0 bridgehead atoms. The van der Waals surface area contributed by atoms with Gasteiger partial charge in [-0.25, -0.2) is 8.42 Å².